The summed E-state index contributed by atoms with van der Waals surface area (Å²) in [6.07, 6.45) is 0.169. The number of rotatable bonds is 5. The molecule has 0 heterocycles. The van der Waals surface area contributed by atoms with Crippen LogP contribution >= 0.6 is 15.9 Å². The molecule has 3 amide bonds. The Balaban J connectivity index is 2.57. The fourth-order valence-electron chi connectivity index (χ4n) is 1.38. The van der Waals surface area contributed by atoms with Crippen LogP contribution in [0.3, 0.4) is 0 Å². The summed E-state index contributed by atoms with van der Waals surface area (Å²) >= 11 is 3.16. The van der Waals surface area contributed by atoms with Gasteiger partial charge >= 0.3 is 12.0 Å². The van der Waals surface area contributed by atoms with Crippen LogP contribution in [0.5, 0.6) is 0 Å². The van der Waals surface area contributed by atoms with Crippen molar-refractivity contribution in [3.63, 3.8) is 0 Å². The van der Waals surface area contributed by atoms with Crippen LogP contribution in [0.25, 0.3) is 0 Å². The van der Waals surface area contributed by atoms with Crippen LogP contribution in [-0.2, 0) is 4.79 Å². The number of nitrogens with one attached hydrogen (secondary N) is 3. The molecule has 0 aliphatic rings. The molecule has 0 bridgehead atoms. The molecule has 0 unspecified atom stereocenters. The second-order valence-corrected chi connectivity index (χ2v) is 4.75. The average molecular weight is 344 g/mol. The summed E-state index contributed by atoms with van der Waals surface area (Å²) < 4.78 is 0.540. The van der Waals surface area contributed by atoms with Crippen LogP contribution in [0.2, 0.25) is 0 Å². The molecule has 1 aromatic rings. The molecule has 1 rings (SSSR count). The van der Waals surface area contributed by atoms with E-state index in [4.69, 9.17) is 5.11 Å². The number of carboxylic acids is 1. The molecule has 0 aliphatic carbocycles. The Morgan fingerprint density at radius 1 is 1.25 bits per heavy atom. The monoisotopic (exact) mass is 343 g/mol. The van der Waals surface area contributed by atoms with E-state index < -0.39 is 12.0 Å². The smallest absolute Gasteiger partial charge is 0.335 e. The summed E-state index contributed by atoms with van der Waals surface area (Å²) in [4.78, 5) is 33.4. The van der Waals surface area contributed by atoms with E-state index in [1.165, 1.54) is 19.2 Å². The number of anilines is 1. The lowest BCUT2D eigenvalue weighted by Crippen LogP contribution is -2.32. The van der Waals surface area contributed by atoms with Crippen molar-refractivity contribution in [1.82, 2.24) is 10.6 Å². The molecule has 4 N–H and O–H groups in total. The number of amides is 3. The van der Waals surface area contributed by atoms with Gasteiger partial charge in [-0.2, -0.15) is 0 Å². The van der Waals surface area contributed by atoms with E-state index in [0.717, 1.165) is 0 Å². The van der Waals surface area contributed by atoms with Crippen molar-refractivity contribution >= 4 is 39.5 Å². The molecule has 0 aliphatic heterocycles. The summed E-state index contributed by atoms with van der Waals surface area (Å²) in [5.41, 5.74) is 0.397. The van der Waals surface area contributed by atoms with Gasteiger partial charge in [-0.05, 0) is 18.2 Å². The van der Waals surface area contributed by atoms with Gasteiger partial charge in [-0.25, -0.2) is 9.59 Å². The third-order valence-electron chi connectivity index (χ3n) is 2.32. The lowest BCUT2D eigenvalue weighted by atomic mass is 10.2. The summed E-state index contributed by atoms with van der Waals surface area (Å²) in [7, 11) is 1.51. The lowest BCUT2D eigenvalue weighted by molar-refractivity contribution is -0.120. The van der Waals surface area contributed by atoms with E-state index in [0.29, 0.717) is 10.2 Å². The Bertz CT molecular complexity index is 533. The van der Waals surface area contributed by atoms with Gasteiger partial charge in [-0.15, -0.1) is 0 Å². The molecule has 0 saturated heterocycles. The molecule has 0 saturated carbocycles. The van der Waals surface area contributed by atoms with E-state index in [1.807, 2.05) is 0 Å². The highest BCUT2D eigenvalue weighted by Crippen LogP contribution is 2.19. The molecule has 20 heavy (non-hydrogen) atoms. The van der Waals surface area contributed by atoms with Crippen molar-refractivity contribution in [3.05, 3.63) is 28.2 Å². The van der Waals surface area contributed by atoms with E-state index in [2.05, 4.69) is 31.9 Å². The third-order valence-corrected chi connectivity index (χ3v) is 2.78. The Morgan fingerprint density at radius 2 is 1.95 bits per heavy atom. The topological polar surface area (TPSA) is 108 Å². The average Bonchev–Trinajstić information content (AvgIpc) is 2.37. The Labute approximate surface area is 123 Å². The zero-order valence-electron chi connectivity index (χ0n) is 10.7. The maximum atomic E-state index is 11.6. The zero-order chi connectivity index (χ0) is 15.1. The molecule has 7 nitrogen and oxygen atoms in total. The quantitative estimate of drug-likeness (QED) is 0.648. The third kappa shape index (κ3) is 5.27. The minimum atomic E-state index is -1.09. The van der Waals surface area contributed by atoms with Crippen molar-refractivity contribution in [1.29, 1.82) is 0 Å². The van der Waals surface area contributed by atoms with E-state index in [1.54, 1.807) is 6.07 Å². The Morgan fingerprint density at radius 3 is 2.55 bits per heavy atom. The minimum Gasteiger partial charge on any atom is -0.478 e. The van der Waals surface area contributed by atoms with Crippen molar-refractivity contribution in [2.45, 2.75) is 6.42 Å². The van der Waals surface area contributed by atoms with Crippen molar-refractivity contribution in [2.24, 2.45) is 0 Å². The Kier molecular flexibility index (Phi) is 5.98. The highest BCUT2D eigenvalue weighted by Gasteiger charge is 2.08. The largest absolute Gasteiger partial charge is 0.478 e. The Hall–Kier alpha value is -2.09. The zero-order valence-corrected chi connectivity index (χ0v) is 12.3. The number of benzene rings is 1. The fourth-order valence-corrected chi connectivity index (χ4v) is 1.87. The van der Waals surface area contributed by atoms with Crippen LogP contribution in [-0.4, -0.2) is 36.6 Å². The van der Waals surface area contributed by atoms with Crippen molar-refractivity contribution in [3.8, 4) is 0 Å². The lowest BCUT2D eigenvalue weighted by Gasteiger charge is -2.08. The van der Waals surface area contributed by atoms with E-state index in [-0.39, 0.29) is 24.4 Å². The standard InChI is InChI=1S/C12H14BrN3O4/c1-14-10(17)2-3-15-12(20)16-9-5-7(11(18)19)4-8(13)6-9/h4-6H,2-3H2,1H3,(H,14,17)(H,18,19)(H2,15,16,20). The molecular weight excluding hydrogens is 330 g/mol. The predicted molar refractivity (Wildman–Crippen MR) is 76.8 cm³/mol. The maximum Gasteiger partial charge on any atom is 0.335 e. The van der Waals surface area contributed by atoms with Gasteiger partial charge in [0.25, 0.3) is 0 Å². The second-order valence-electron chi connectivity index (χ2n) is 3.84. The van der Waals surface area contributed by atoms with E-state index in [9.17, 15) is 14.4 Å². The van der Waals surface area contributed by atoms with Gasteiger partial charge in [0.2, 0.25) is 5.91 Å². The number of hydrogen-bond acceptors (Lipinski definition) is 3. The second kappa shape index (κ2) is 7.49. The van der Waals surface area contributed by atoms with Gasteiger partial charge in [0.05, 0.1) is 5.56 Å². The van der Waals surface area contributed by atoms with Gasteiger partial charge in [0.15, 0.2) is 0 Å². The number of carboxylic acid groups (broad SMARTS) is 1. The van der Waals surface area contributed by atoms with Gasteiger partial charge < -0.3 is 21.1 Å². The van der Waals surface area contributed by atoms with E-state index >= 15 is 0 Å². The summed E-state index contributed by atoms with van der Waals surface area (Å²) in [5, 5.41) is 16.3. The van der Waals surface area contributed by atoms with Crippen LogP contribution < -0.4 is 16.0 Å². The molecule has 8 heteroatoms. The number of hydrogen-bond donors (Lipinski definition) is 4. The van der Waals surface area contributed by atoms with Crippen LogP contribution in [0.1, 0.15) is 16.8 Å². The first-order valence-electron chi connectivity index (χ1n) is 5.71. The molecule has 0 atom stereocenters. The molecule has 0 fully saturated rings. The summed E-state index contributed by atoms with van der Waals surface area (Å²) in [6, 6.07) is 3.83. The number of aromatic carboxylic acids is 1. The van der Waals surface area contributed by atoms with Crippen LogP contribution in [0, 0.1) is 0 Å². The van der Waals surface area contributed by atoms with Gasteiger partial charge in [0.1, 0.15) is 0 Å². The highest BCUT2D eigenvalue weighted by molar-refractivity contribution is 9.10. The number of carbonyl (C=O) groups is 3. The molecule has 1 aromatic carbocycles. The summed E-state index contributed by atoms with van der Waals surface area (Å²) in [6.45, 7) is 0.186. The molecule has 0 aromatic heterocycles. The number of urea groups is 1. The highest BCUT2D eigenvalue weighted by atomic mass is 79.9. The maximum absolute atomic E-state index is 11.6. The molecule has 108 valence electrons. The first-order valence-corrected chi connectivity index (χ1v) is 6.51. The van der Waals surface area contributed by atoms with Gasteiger partial charge in [-0.3, -0.25) is 4.79 Å². The van der Waals surface area contributed by atoms with Crippen molar-refractivity contribution in [2.75, 3.05) is 18.9 Å². The number of carbonyl (C=O) groups excluding carboxylic acids is 2. The van der Waals surface area contributed by atoms with Crippen molar-refractivity contribution < 1.29 is 19.5 Å². The first kappa shape index (κ1) is 16.0. The SMILES string of the molecule is CNC(=O)CCNC(=O)Nc1cc(Br)cc(C(=O)O)c1. The number of halogens is 1. The van der Waals surface area contributed by atoms with Gasteiger partial charge in [-0.1, -0.05) is 15.9 Å². The minimum absolute atomic E-state index is 0.0556. The van der Waals surface area contributed by atoms with Gasteiger partial charge in [0, 0.05) is 30.2 Å². The predicted octanol–water partition coefficient (Wildman–Crippen LogP) is 1.40. The van der Waals surface area contributed by atoms with Crippen LogP contribution in [0.15, 0.2) is 22.7 Å². The normalized spacial score (nSPS) is 9.70. The molecule has 0 spiro atoms. The fraction of sp³-hybridized carbons (Fsp3) is 0.250. The van der Waals surface area contributed by atoms with Crippen LogP contribution in [0.4, 0.5) is 10.5 Å². The molecular formula is C12H14BrN3O4. The first-order chi connectivity index (χ1) is 9.42. The molecule has 0 radical (unpaired) electrons. The summed E-state index contributed by atoms with van der Waals surface area (Å²) in [5.74, 6) is -1.27.